The number of rotatable bonds is 5. The van der Waals surface area contributed by atoms with Crippen LogP contribution in [0.4, 0.5) is 0 Å². The Labute approximate surface area is 96.8 Å². The van der Waals surface area contributed by atoms with Crippen LogP contribution in [0.3, 0.4) is 0 Å². The summed E-state index contributed by atoms with van der Waals surface area (Å²) in [7, 11) is 1.69. The van der Waals surface area contributed by atoms with E-state index in [4.69, 9.17) is 9.84 Å². The lowest BCUT2D eigenvalue weighted by molar-refractivity contribution is -0.137. The molecule has 94 valence electrons. The lowest BCUT2D eigenvalue weighted by Crippen LogP contribution is -2.42. The summed E-state index contributed by atoms with van der Waals surface area (Å²) in [5.41, 5.74) is 0. The molecule has 0 saturated carbocycles. The molecule has 1 fully saturated rings. The molecule has 1 rings (SSSR count). The molecule has 1 saturated heterocycles. The predicted molar refractivity (Wildman–Crippen MR) is 61.6 cm³/mol. The van der Waals surface area contributed by atoms with Gasteiger partial charge in [-0.3, -0.25) is 9.69 Å². The Hall–Kier alpha value is -0.650. The van der Waals surface area contributed by atoms with Gasteiger partial charge in [0, 0.05) is 32.3 Å². The fourth-order valence-electron chi connectivity index (χ4n) is 2.07. The van der Waals surface area contributed by atoms with Crippen LogP contribution in [0.5, 0.6) is 0 Å². The van der Waals surface area contributed by atoms with Crippen molar-refractivity contribution in [1.29, 1.82) is 0 Å². The maximum atomic E-state index is 10.7. The van der Waals surface area contributed by atoms with Crippen molar-refractivity contribution in [3.8, 4) is 0 Å². The van der Waals surface area contributed by atoms with Gasteiger partial charge < -0.3 is 15.2 Å². The number of nitrogens with one attached hydrogen (secondary N) is 1. The van der Waals surface area contributed by atoms with Crippen molar-refractivity contribution in [3.63, 3.8) is 0 Å². The SMILES string of the molecule is COCCN1CC(CC(=O)O)NCCC1C. The third-order valence-electron chi connectivity index (χ3n) is 3.08. The molecule has 1 heterocycles. The summed E-state index contributed by atoms with van der Waals surface area (Å²) < 4.78 is 5.07. The van der Waals surface area contributed by atoms with Gasteiger partial charge in [0.15, 0.2) is 0 Å². The summed E-state index contributed by atoms with van der Waals surface area (Å²) in [5.74, 6) is -0.737. The zero-order valence-electron chi connectivity index (χ0n) is 10.1. The minimum atomic E-state index is -0.737. The highest BCUT2D eigenvalue weighted by molar-refractivity contribution is 5.67. The van der Waals surface area contributed by atoms with E-state index in [-0.39, 0.29) is 12.5 Å². The van der Waals surface area contributed by atoms with Crippen LogP contribution in [0, 0.1) is 0 Å². The summed E-state index contributed by atoms with van der Waals surface area (Å²) in [6, 6.07) is 0.542. The molecule has 1 aliphatic rings. The van der Waals surface area contributed by atoms with E-state index in [1.165, 1.54) is 0 Å². The Morgan fingerprint density at radius 3 is 3.00 bits per heavy atom. The largest absolute Gasteiger partial charge is 0.481 e. The van der Waals surface area contributed by atoms with Gasteiger partial charge in [0.25, 0.3) is 0 Å². The van der Waals surface area contributed by atoms with E-state index in [1.54, 1.807) is 7.11 Å². The van der Waals surface area contributed by atoms with Crippen molar-refractivity contribution in [3.05, 3.63) is 0 Å². The third kappa shape index (κ3) is 4.47. The summed E-state index contributed by atoms with van der Waals surface area (Å²) >= 11 is 0. The number of carboxylic acid groups (broad SMARTS) is 1. The van der Waals surface area contributed by atoms with Gasteiger partial charge in [-0.25, -0.2) is 0 Å². The molecule has 1 aliphatic heterocycles. The molecule has 2 unspecified atom stereocenters. The number of carbonyl (C=O) groups is 1. The number of ether oxygens (including phenoxy) is 1. The van der Waals surface area contributed by atoms with E-state index < -0.39 is 5.97 Å². The average molecular weight is 230 g/mol. The summed E-state index contributed by atoms with van der Waals surface area (Å²) in [6.45, 7) is 5.43. The number of methoxy groups -OCH3 is 1. The number of carboxylic acids is 1. The predicted octanol–water partition coefficient (Wildman–Crippen LogP) is 0.160. The molecule has 0 spiro atoms. The number of hydrogen-bond donors (Lipinski definition) is 2. The quantitative estimate of drug-likeness (QED) is 0.704. The Bertz CT molecular complexity index is 223. The molecule has 0 aromatic heterocycles. The molecule has 16 heavy (non-hydrogen) atoms. The van der Waals surface area contributed by atoms with Crippen molar-refractivity contribution in [2.75, 3.05) is 33.4 Å². The van der Waals surface area contributed by atoms with Crippen LogP contribution in [0.1, 0.15) is 19.8 Å². The summed E-state index contributed by atoms with van der Waals surface area (Å²) in [6.07, 6.45) is 1.25. The standard InChI is InChI=1S/C11H22N2O3/c1-9-3-4-12-10(7-11(14)15)8-13(9)5-6-16-2/h9-10,12H,3-8H2,1-2H3,(H,14,15). The summed E-state index contributed by atoms with van der Waals surface area (Å²) in [4.78, 5) is 13.0. The topological polar surface area (TPSA) is 61.8 Å². The molecular weight excluding hydrogens is 208 g/mol. The molecule has 5 nitrogen and oxygen atoms in total. The fraction of sp³-hybridized carbons (Fsp3) is 0.909. The van der Waals surface area contributed by atoms with Gasteiger partial charge >= 0.3 is 5.97 Å². The van der Waals surface area contributed by atoms with Crippen LogP contribution in [0.2, 0.25) is 0 Å². The van der Waals surface area contributed by atoms with Crippen LogP contribution in [-0.4, -0.2) is 61.4 Å². The molecule has 0 aliphatic carbocycles. The van der Waals surface area contributed by atoms with Gasteiger partial charge in [-0.15, -0.1) is 0 Å². The molecule has 0 radical (unpaired) electrons. The molecule has 5 heteroatoms. The highest BCUT2D eigenvalue weighted by atomic mass is 16.5. The maximum Gasteiger partial charge on any atom is 0.304 e. The van der Waals surface area contributed by atoms with Crippen molar-refractivity contribution in [1.82, 2.24) is 10.2 Å². The highest BCUT2D eigenvalue weighted by Crippen LogP contribution is 2.10. The van der Waals surface area contributed by atoms with Crippen LogP contribution in [-0.2, 0) is 9.53 Å². The monoisotopic (exact) mass is 230 g/mol. The van der Waals surface area contributed by atoms with Crippen molar-refractivity contribution >= 4 is 5.97 Å². The van der Waals surface area contributed by atoms with Crippen molar-refractivity contribution in [2.24, 2.45) is 0 Å². The normalized spacial score (nSPS) is 27.6. The maximum absolute atomic E-state index is 10.7. The third-order valence-corrected chi connectivity index (χ3v) is 3.08. The molecule has 2 N–H and O–H groups in total. The first-order chi connectivity index (χ1) is 7.63. The van der Waals surface area contributed by atoms with Gasteiger partial charge in [0.1, 0.15) is 0 Å². The zero-order chi connectivity index (χ0) is 12.0. The first-order valence-electron chi connectivity index (χ1n) is 5.81. The van der Waals surface area contributed by atoms with Crippen LogP contribution >= 0.6 is 0 Å². The average Bonchev–Trinajstić information content (AvgIpc) is 2.37. The molecule has 0 aromatic carbocycles. The van der Waals surface area contributed by atoms with Crippen molar-refractivity contribution in [2.45, 2.75) is 31.8 Å². The number of hydrogen-bond acceptors (Lipinski definition) is 4. The van der Waals surface area contributed by atoms with Gasteiger partial charge in [-0.2, -0.15) is 0 Å². The Morgan fingerprint density at radius 1 is 1.62 bits per heavy atom. The van der Waals surface area contributed by atoms with Crippen molar-refractivity contribution < 1.29 is 14.6 Å². The Morgan fingerprint density at radius 2 is 2.38 bits per heavy atom. The van der Waals surface area contributed by atoms with Gasteiger partial charge in [-0.05, 0) is 19.9 Å². The smallest absolute Gasteiger partial charge is 0.304 e. The zero-order valence-corrected chi connectivity index (χ0v) is 10.1. The van der Waals surface area contributed by atoms with Gasteiger partial charge in [0.2, 0.25) is 0 Å². The van der Waals surface area contributed by atoms with E-state index >= 15 is 0 Å². The van der Waals surface area contributed by atoms with Crippen LogP contribution in [0.25, 0.3) is 0 Å². The fourth-order valence-corrected chi connectivity index (χ4v) is 2.07. The first-order valence-corrected chi connectivity index (χ1v) is 5.81. The molecular formula is C11H22N2O3. The molecule has 0 bridgehead atoms. The number of nitrogens with zero attached hydrogens (tertiary/aromatic N) is 1. The minimum absolute atomic E-state index is 0.0549. The van der Waals surface area contributed by atoms with Gasteiger partial charge in [-0.1, -0.05) is 0 Å². The second-order valence-corrected chi connectivity index (χ2v) is 4.37. The minimum Gasteiger partial charge on any atom is -0.481 e. The van der Waals surface area contributed by atoms with E-state index in [9.17, 15) is 4.79 Å². The first kappa shape index (κ1) is 13.4. The van der Waals surface area contributed by atoms with E-state index in [0.29, 0.717) is 12.6 Å². The lowest BCUT2D eigenvalue weighted by atomic mass is 10.2. The van der Waals surface area contributed by atoms with Gasteiger partial charge in [0.05, 0.1) is 13.0 Å². The molecule has 2 atom stereocenters. The highest BCUT2D eigenvalue weighted by Gasteiger charge is 2.23. The second-order valence-electron chi connectivity index (χ2n) is 4.37. The summed E-state index contributed by atoms with van der Waals surface area (Å²) in [5, 5.41) is 12.1. The van der Waals surface area contributed by atoms with E-state index in [1.807, 2.05) is 0 Å². The lowest BCUT2D eigenvalue weighted by Gasteiger charge is -2.28. The molecule has 0 aromatic rings. The Balaban J connectivity index is 2.47. The van der Waals surface area contributed by atoms with Crippen LogP contribution in [0.15, 0.2) is 0 Å². The van der Waals surface area contributed by atoms with Crippen LogP contribution < -0.4 is 5.32 Å². The number of aliphatic carboxylic acids is 1. The van der Waals surface area contributed by atoms with E-state index in [2.05, 4.69) is 17.1 Å². The molecule has 0 amide bonds. The van der Waals surface area contributed by atoms with E-state index in [0.717, 1.165) is 26.1 Å². The second kappa shape index (κ2) is 6.83. The Kier molecular flexibility index (Phi) is 5.73.